The third-order valence-corrected chi connectivity index (χ3v) is 8.32. The predicted octanol–water partition coefficient (Wildman–Crippen LogP) is 4.07. The van der Waals surface area contributed by atoms with Crippen LogP contribution in [0.4, 0.5) is 0 Å². The summed E-state index contributed by atoms with van der Waals surface area (Å²) in [5, 5.41) is 0. The van der Waals surface area contributed by atoms with E-state index in [1.165, 1.54) is 31.6 Å². The quantitative estimate of drug-likeness (QED) is 0.423. The Labute approximate surface area is 220 Å². The lowest BCUT2D eigenvalue weighted by Gasteiger charge is -2.57. The fourth-order valence-corrected chi connectivity index (χ4v) is 6.49. The minimum atomic E-state index is -1.45. The highest BCUT2D eigenvalue weighted by Gasteiger charge is 2.77. The van der Waals surface area contributed by atoms with Gasteiger partial charge in [0.2, 0.25) is 0 Å². The first kappa shape index (κ1) is 25.9. The van der Waals surface area contributed by atoms with Gasteiger partial charge in [-0.05, 0) is 64.0 Å². The fraction of sp³-hybridized carbons (Fsp3) is 0.448. The van der Waals surface area contributed by atoms with Crippen molar-refractivity contribution in [3.8, 4) is 0 Å². The second kappa shape index (κ2) is 8.94. The van der Waals surface area contributed by atoms with Gasteiger partial charge >= 0.3 is 17.9 Å². The van der Waals surface area contributed by atoms with Crippen LogP contribution in [0.3, 0.4) is 0 Å². The van der Waals surface area contributed by atoms with Crippen LogP contribution in [0.2, 0.25) is 0 Å². The summed E-state index contributed by atoms with van der Waals surface area (Å²) in [7, 11) is 0. The molecule has 1 spiro atoms. The number of carbonyl (C=O) groups excluding carboxylic acids is 4. The van der Waals surface area contributed by atoms with Crippen molar-refractivity contribution in [2.24, 2.45) is 11.3 Å². The normalized spacial score (nSPS) is 33.1. The molecule has 1 saturated carbocycles. The molecule has 200 valence electrons. The van der Waals surface area contributed by atoms with Gasteiger partial charge in [0.15, 0.2) is 18.0 Å². The molecule has 1 aromatic carbocycles. The third-order valence-electron chi connectivity index (χ3n) is 8.32. The molecule has 2 aromatic rings. The Morgan fingerprint density at radius 2 is 1.63 bits per heavy atom. The van der Waals surface area contributed by atoms with Crippen LogP contribution in [0.1, 0.15) is 61.8 Å². The predicted molar refractivity (Wildman–Crippen MR) is 132 cm³/mol. The summed E-state index contributed by atoms with van der Waals surface area (Å²) < 4.78 is 29.6. The number of furan rings is 1. The maximum absolute atomic E-state index is 13.6. The minimum absolute atomic E-state index is 0.123. The number of ether oxygens (including phenoxy) is 4. The van der Waals surface area contributed by atoms with Gasteiger partial charge in [-0.1, -0.05) is 18.2 Å². The van der Waals surface area contributed by atoms with E-state index >= 15 is 0 Å². The van der Waals surface area contributed by atoms with E-state index in [1.54, 1.807) is 44.2 Å². The van der Waals surface area contributed by atoms with Gasteiger partial charge in [-0.15, -0.1) is 0 Å². The van der Waals surface area contributed by atoms with E-state index in [4.69, 9.17) is 23.4 Å². The number of carbonyl (C=O) groups is 4. The van der Waals surface area contributed by atoms with Gasteiger partial charge in [0.05, 0.1) is 28.4 Å². The molecule has 0 N–H and O–H groups in total. The zero-order valence-electron chi connectivity index (χ0n) is 21.9. The standard InChI is InChI=1S/C29H30O9/c1-16-13-21(31)23(36-26(33)19-11-12-34-15-19)28(5)24(37-25(32)18-9-7-6-8-10-18)22(35-17(2)30)20-14-29(16,28)38-27(20,3)4/h6-13,15,20,22-24H,14H2,1-5H3/t20-,22+,23-,24-,28+,29+/m1/s1. The van der Waals surface area contributed by atoms with Crippen LogP contribution in [-0.2, 0) is 28.5 Å². The lowest BCUT2D eigenvalue weighted by molar-refractivity contribution is -0.221. The van der Waals surface area contributed by atoms with Crippen LogP contribution in [0, 0.1) is 11.3 Å². The second-order valence-electron chi connectivity index (χ2n) is 10.9. The summed E-state index contributed by atoms with van der Waals surface area (Å²) in [6, 6.07) is 9.81. The maximum Gasteiger partial charge on any atom is 0.342 e. The van der Waals surface area contributed by atoms with Gasteiger partial charge < -0.3 is 23.4 Å². The molecule has 6 atom stereocenters. The summed E-state index contributed by atoms with van der Waals surface area (Å²) >= 11 is 0. The molecule has 9 nitrogen and oxygen atoms in total. The van der Waals surface area contributed by atoms with Gasteiger partial charge in [-0.3, -0.25) is 9.59 Å². The lowest BCUT2D eigenvalue weighted by atomic mass is 9.52. The maximum atomic E-state index is 13.6. The van der Waals surface area contributed by atoms with Crippen molar-refractivity contribution >= 4 is 23.7 Å². The highest BCUT2D eigenvalue weighted by molar-refractivity contribution is 6.00. The Morgan fingerprint density at radius 1 is 0.947 bits per heavy atom. The van der Waals surface area contributed by atoms with E-state index in [0.717, 1.165) is 0 Å². The first-order valence-electron chi connectivity index (χ1n) is 12.5. The first-order chi connectivity index (χ1) is 17.9. The average Bonchev–Trinajstić information content (AvgIpc) is 3.49. The topological polar surface area (TPSA) is 118 Å². The molecule has 2 bridgehead atoms. The summed E-state index contributed by atoms with van der Waals surface area (Å²) in [5.74, 6) is -2.88. The highest BCUT2D eigenvalue weighted by atomic mass is 16.6. The number of hydrogen-bond donors (Lipinski definition) is 0. The van der Waals surface area contributed by atoms with Crippen LogP contribution in [-0.4, -0.2) is 53.2 Å². The molecule has 2 fully saturated rings. The van der Waals surface area contributed by atoms with Gasteiger partial charge in [-0.25, -0.2) is 9.59 Å². The van der Waals surface area contributed by atoms with Crippen molar-refractivity contribution < 1.29 is 42.5 Å². The van der Waals surface area contributed by atoms with Gasteiger partial charge in [0.1, 0.15) is 18.0 Å². The molecule has 2 heterocycles. The van der Waals surface area contributed by atoms with Crippen LogP contribution >= 0.6 is 0 Å². The molecule has 3 aliphatic rings. The van der Waals surface area contributed by atoms with Gasteiger partial charge in [0, 0.05) is 12.8 Å². The first-order valence-corrected chi connectivity index (χ1v) is 12.5. The molecule has 5 rings (SSSR count). The van der Waals surface area contributed by atoms with E-state index in [2.05, 4.69) is 0 Å². The Morgan fingerprint density at radius 3 is 2.26 bits per heavy atom. The Kier molecular flexibility index (Phi) is 6.10. The van der Waals surface area contributed by atoms with Crippen molar-refractivity contribution in [2.75, 3.05) is 0 Å². The molecule has 1 aromatic heterocycles. The molecule has 9 heteroatoms. The largest absolute Gasteiger partial charge is 0.472 e. The molecule has 1 saturated heterocycles. The Bertz CT molecular complexity index is 1310. The molecule has 1 aliphatic heterocycles. The fourth-order valence-electron chi connectivity index (χ4n) is 6.49. The smallest absolute Gasteiger partial charge is 0.342 e. The minimum Gasteiger partial charge on any atom is -0.472 e. The van der Waals surface area contributed by atoms with Crippen molar-refractivity contribution in [3.63, 3.8) is 0 Å². The molecule has 0 radical (unpaired) electrons. The number of hydrogen-bond acceptors (Lipinski definition) is 9. The van der Waals surface area contributed by atoms with E-state index in [-0.39, 0.29) is 17.0 Å². The molecule has 0 amide bonds. The van der Waals surface area contributed by atoms with Crippen molar-refractivity contribution in [1.29, 1.82) is 0 Å². The number of esters is 3. The van der Waals surface area contributed by atoms with Gasteiger partial charge in [-0.2, -0.15) is 0 Å². The third kappa shape index (κ3) is 3.79. The van der Waals surface area contributed by atoms with E-state index in [9.17, 15) is 19.2 Å². The molecule has 2 aliphatic carbocycles. The van der Waals surface area contributed by atoms with E-state index < -0.39 is 58.6 Å². The number of fused-ring (bicyclic) bond motifs is 1. The monoisotopic (exact) mass is 522 g/mol. The second-order valence-corrected chi connectivity index (χ2v) is 10.9. The zero-order chi connectivity index (χ0) is 27.5. The molecule has 38 heavy (non-hydrogen) atoms. The number of ketones is 1. The Hall–Kier alpha value is -3.72. The van der Waals surface area contributed by atoms with Crippen LogP contribution in [0.5, 0.6) is 0 Å². The van der Waals surface area contributed by atoms with Crippen LogP contribution in [0.15, 0.2) is 65.0 Å². The van der Waals surface area contributed by atoms with Crippen molar-refractivity contribution in [3.05, 3.63) is 71.7 Å². The average molecular weight is 523 g/mol. The zero-order valence-corrected chi connectivity index (χ0v) is 21.9. The van der Waals surface area contributed by atoms with E-state index in [1.807, 2.05) is 13.8 Å². The molecular formula is C29H30O9. The number of benzene rings is 1. The van der Waals surface area contributed by atoms with Gasteiger partial charge in [0.25, 0.3) is 0 Å². The summed E-state index contributed by atoms with van der Waals surface area (Å²) in [5.41, 5.74) is -2.39. The van der Waals surface area contributed by atoms with Crippen molar-refractivity contribution in [2.45, 2.75) is 70.6 Å². The van der Waals surface area contributed by atoms with Crippen LogP contribution < -0.4 is 0 Å². The molecule has 0 unspecified atom stereocenters. The summed E-state index contributed by atoms with van der Waals surface area (Å²) in [6.07, 6.45) is 0.768. The SMILES string of the molecule is CC(=O)O[C@H]1[C@H]2C[C@]3(OC2(C)C)C(C)=CC(=O)[C@@H](OC(=O)c2ccoc2)[C@@]3(C)[C@@H]1OC(=O)c1ccccc1. The van der Waals surface area contributed by atoms with Crippen molar-refractivity contribution in [1.82, 2.24) is 0 Å². The van der Waals surface area contributed by atoms with Crippen LogP contribution in [0.25, 0.3) is 0 Å². The Balaban J connectivity index is 1.68. The molecular weight excluding hydrogens is 492 g/mol. The summed E-state index contributed by atoms with van der Waals surface area (Å²) in [4.78, 5) is 52.4. The highest BCUT2D eigenvalue weighted by Crippen LogP contribution is 2.65. The lowest BCUT2D eigenvalue weighted by Crippen LogP contribution is -2.71. The van der Waals surface area contributed by atoms with E-state index in [0.29, 0.717) is 12.0 Å². The summed E-state index contributed by atoms with van der Waals surface area (Å²) in [6.45, 7) is 8.51. The number of rotatable bonds is 5.